The molecule has 0 radical (unpaired) electrons. The van der Waals surface area contributed by atoms with Crippen molar-refractivity contribution >= 4 is 54.6 Å². The van der Waals surface area contributed by atoms with E-state index in [4.69, 9.17) is 11.6 Å². The predicted molar refractivity (Wildman–Crippen MR) is 86.1 cm³/mol. The van der Waals surface area contributed by atoms with Gasteiger partial charge in [-0.3, -0.25) is 0 Å². The Balaban J connectivity index is 1.84. The van der Waals surface area contributed by atoms with Gasteiger partial charge in [0.05, 0.1) is 5.69 Å². The molecule has 3 rings (SSSR count). The van der Waals surface area contributed by atoms with Crippen molar-refractivity contribution in [3.63, 3.8) is 0 Å². The van der Waals surface area contributed by atoms with Gasteiger partial charge in [-0.1, -0.05) is 29.8 Å². The Kier molecular flexibility index (Phi) is 3.73. The predicted octanol–water partition coefficient (Wildman–Crippen LogP) is 5.32. The van der Waals surface area contributed by atoms with Crippen LogP contribution in [0.25, 0.3) is 10.1 Å². The van der Waals surface area contributed by atoms with Crippen molar-refractivity contribution in [2.24, 2.45) is 0 Å². The summed E-state index contributed by atoms with van der Waals surface area (Å²) in [6.45, 7) is 0.738. The van der Waals surface area contributed by atoms with Gasteiger partial charge in [-0.05, 0) is 44.4 Å². The van der Waals surface area contributed by atoms with Crippen molar-refractivity contribution < 1.29 is 0 Å². The minimum absolute atomic E-state index is 0.489. The van der Waals surface area contributed by atoms with Gasteiger partial charge in [0.2, 0.25) is 0 Å². The molecule has 0 spiro atoms. The number of rotatable bonds is 3. The summed E-state index contributed by atoms with van der Waals surface area (Å²) in [5, 5.41) is 7.29. The molecule has 2 nitrogen and oxygen atoms in total. The smallest absolute Gasteiger partial charge is 0.152 e. The van der Waals surface area contributed by atoms with E-state index >= 15 is 0 Å². The largest absolute Gasteiger partial charge is 0.378 e. The van der Waals surface area contributed by atoms with Gasteiger partial charge in [0, 0.05) is 21.9 Å². The standard InChI is InChI=1S/C14H10BrClN2S/c15-10-5-12(14(16)18-7-10)17-6-9-8-19-13-4-2-1-3-11(9)13/h1-5,7-8,17H,6H2. The summed E-state index contributed by atoms with van der Waals surface area (Å²) in [7, 11) is 0. The summed E-state index contributed by atoms with van der Waals surface area (Å²) < 4.78 is 2.22. The molecule has 0 unspecified atom stereocenters. The Morgan fingerprint density at radius 3 is 3.05 bits per heavy atom. The highest BCUT2D eigenvalue weighted by Gasteiger charge is 2.05. The Hall–Kier alpha value is -1.10. The molecule has 3 aromatic rings. The van der Waals surface area contributed by atoms with Crippen molar-refractivity contribution in [2.75, 3.05) is 5.32 Å². The second kappa shape index (κ2) is 5.49. The molecule has 0 bridgehead atoms. The first kappa shape index (κ1) is 12.9. The van der Waals surface area contributed by atoms with Crippen molar-refractivity contribution in [2.45, 2.75) is 6.54 Å². The molecular formula is C14H10BrClN2S. The molecule has 1 N–H and O–H groups in total. The van der Waals surface area contributed by atoms with Crippen LogP contribution in [0, 0.1) is 0 Å². The second-order valence-electron chi connectivity index (χ2n) is 4.10. The van der Waals surface area contributed by atoms with Crippen LogP contribution in [-0.2, 0) is 6.54 Å². The van der Waals surface area contributed by atoms with E-state index in [1.165, 1.54) is 15.6 Å². The highest BCUT2D eigenvalue weighted by Crippen LogP contribution is 2.28. The zero-order valence-corrected chi connectivity index (χ0v) is 13.0. The minimum atomic E-state index is 0.489. The minimum Gasteiger partial charge on any atom is -0.378 e. The fourth-order valence-corrected chi connectivity index (χ4v) is 3.37. The van der Waals surface area contributed by atoms with E-state index in [0.29, 0.717) is 5.15 Å². The average Bonchev–Trinajstić information content (AvgIpc) is 2.83. The summed E-state index contributed by atoms with van der Waals surface area (Å²) >= 11 is 11.2. The molecule has 2 aromatic heterocycles. The SMILES string of the molecule is Clc1ncc(Br)cc1NCc1csc2ccccc12. The molecule has 19 heavy (non-hydrogen) atoms. The highest BCUT2D eigenvalue weighted by molar-refractivity contribution is 9.10. The Morgan fingerprint density at radius 2 is 2.16 bits per heavy atom. The summed E-state index contributed by atoms with van der Waals surface area (Å²) in [6.07, 6.45) is 1.69. The normalized spacial score (nSPS) is 10.8. The number of pyridine rings is 1. The third kappa shape index (κ3) is 2.76. The van der Waals surface area contributed by atoms with E-state index in [9.17, 15) is 0 Å². The number of halogens is 2. The fraction of sp³-hybridized carbons (Fsp3) is 0.0714. The van der Waals surface area contributed by atoms with Crippen molar-refractivity contribution in [3.05, 3.63) is 57.1 Å². The van der Waals surface area contributed by atoms with E-state index in [-0.39, 0.29) is 0 Å². The van der Waals surface area contributed by atoms with E-state index in [0.717, 1.165) is 16.7 Å². The molecule has 5 heteroatoms. The average molecular weight is 354 g/mol. The molecule has 0 atom stereocenters. The van der Waals surface area contributed by atoms with E-state index in [1.54, 1.807) is 17.5 Å². The van der Waals surface area contributed by atoms with E-state index in [1.807, 2.05) is 6.07 Å². The number of hydrogen-bond acceptors (Lipinski definition) is 3. The molecule has 0 amide bonds. The molecule has 0 aliphatic carbocycles. The second-order valence-corrected chi connectivity index (χ2v) is 6.29. The van der Waals surface area contributed by atoms with Crippen LogP contribution in [0.4, 0.5) is 5.69 Å². The molecule has 1 aromatic carbocycles. The molecular weight excluding hydrogens is 344 g/mol. The number of fused-ring (bicyclic) bond motifs is 1. The Morgan fingerprint density at radius 1 is 1.32 bits per heavy atom. The monoisotopic (exact) mass is 352 g/mol. The Labute approximate surface area is 128 Å². The third-order valence-electron chi connectivity index (χ3n) is 2.84. The highest BCUT2D eigenvalue weighted by atomic mass is 79.9. The molecule has 0 fully saturated rings. The van der Waals surface area contributed by atoms with Gasteiger partial charge in [0.1, 0.15) is 0 Å². The fourth-order valence-electron chi connectivity index (χ4n) is 1.91. The van der Waals surface area contributed by atoms with Gasteiger partial charge in [-0.2, -0.15) is 0 Å². The zero-order valence-electron chi connectivity index (χ0n) is 9.86. The zero-order chi connectivity index (χ0) is 13.2. The lowest BCUT2D eigenvalue weighted by molar-refractivity contribution is 1.16. The van der Waals surface area contributed by atoms with Crippen LogP contribution >= 0.6 is 38.9 Å². The maximum atomic E-state index is 6.06. The Bertz CT molecular complexity index is 726. The lowest BCUT2D eigenvalue weighted by Crippen LogP contribution is -2.00. The van der Waals surface area contributed by atoms with Gasteiger partial charge in [-0.15, -0.1) is 11.3 Å². The van der Waals surface area contributed by atoms with Crippen LogP contribution in [0.15, 0.2) is 46.4 Å². The molecule has 0 aliphatic rings. The number of aromatic nitrogens is 1. The maximum absolute atomic E-state index is 6.06. The topological polar surface area (TPSA) is 24.9 Å². The molecule has 0 saturated carbocycles. The van der Waals surface area contributed by atoms with E-state index < -0.39 is 0 Å². The van der Waals surface area contributed by atoms with E-state index in [2.05, 4.69) is 55.9 Å². The quantitative estimate of drug-likeness (QED) is 0.644. The number of nitrogens with one attached hydrogen (secondary N) is 1. The first-order chi connectivity index (χ1) is 9.24. The molecule has 0 saturated heterocycles. The first-order valence-corrected chi connectivity index (χ1v) is 7.79. The first-order valence-electron chi connectivity index (χ1n) is 5.74. The summed E-state index contributed by atoms with van der Waals surface area (Å²) in [5.41, 5.74) is 2.11. The number of thiophene rings is 1. The number of benzene rings is 1. The summed E-state index contributed by atoms with van der Waals surface area (Å²) in [6, 6.07) is 10.3. The van der Waals surface area contributed by atoms with Crippen LogP contribution in [0.5, 0.6) is 0 Å². The van der Waals surface area contributed by atoms with Crippen LogP contribution in [0.1, 0.15) is 5.56 Å². The van der Waals surface area contributed by atoms with Gasteiger partial charge in [0.25, 0.3) is 0 Å². The summed E-state index contributed by atoms with van der Waals surface area (Å²) in [4.78, 5) is 4.10. The van der Waals surface area contributed by atoms with Gasteiger partial charge in [-0.25, -0.2) is 4.98 Å². The summed E-state index contributed by atoms with van der Waals surface area (Å²) in [5.74, 6) is 0. The third-order valence-corrected chi connectivity index (χ3v) is 4.58. The molecule has 2 heterocycles. The van der Waals surface area contributed by atoms with Gasteiger partial charge in [0.15, 0.2) is 5.15 Å². The number of hydrogen-bond donors (Lipinski definition) is 1. The van der Waals surface area contributed by atoms with Crippen LogP contribution in [0.3, 0.4) is 0 Å². The maximum Gasteiger partial charge on any atom is 0.152 e. The van der Waals surface area contributed by atoms with Gasteiger partial charge >= 0.3 is 0 Å². The molecule has 96 valence electrons. The lowest BCUT2D eigenvalue weighted by atomic mass is 10.2. The van der Waals surface area contributed by atoms with Crippen molar-refractivity contribution in [3.8, 4) is 0 Å². The van der Waals surface area contributed by atoms with Crippen molar-refractivity contribution in [1.29, 1.82) is 0 Å². The lowest BCUT2D eigenvalue weighted by Gasteiger charge is -2.07. The molecule has 0 aliphatic heterocycles. The number of nitrogens with zero attached hydrogens (tertiary/aromatic N) is 1. The van der Waals surface area contributed by atoms with Crippen molar-refractivity contribution in [1.82, 2.24) is 4.98 Å². The number of anilines is 1. The van der Waals surface area contributed by atoms with Crippen LogP contribution in [0.2, 0.25) is 5.15 Å². The van der Waals surface area contributed by atoms with Crippen LogP contribution < -0.4 is 5.32 Å². The van der Waals surface area contributed by atoms with Crippen LogP contribution in [-0.4, -0.2) is 4.98 Å². The van der Waals surface area contributed by atoms with Gasteiger partial charge < -0.3 is 5.32 Å².